The summed E-state index contributed by atoms with van der Waals surface area (Å²) < 4.78 is 2.44. The maximum Gasteiger partial charge on any atom is 0.201 e. The Hall–Kier alpha value is -5.41. The first-order valence-corrected chi connectivity index (χ1v) is 14.1. The minimum Gasteiger partial charge on any atom is -0.346 e. The van der Waals surface area contributed by atoms with Crippen LogP contribution in [0.1, 0.15) is 17.4 Å². The largest absolute Gasteiger partial charge is 0.346 e. The number of nitrogens with one attached hydrogen (secondary N) is 1. The van der Waals surface area contributed by atoms with E-state index in [1.807, 2.05) is 0 Å². The lowest BCUT2D eigenvalue weighted by Crippen LogP contribution is -2.24. The second-order valence-electron chi connectivity index (χ2n) is 10.8. The molecule has 1 aliphatic rings. The van der Waals surface area contributed by atoms with Gasteiger partial charge in [0.15, 0.2) is 0 Å². The molecule has 3 nitrogen and oxygen atoms in total. The molecule has 0 saturated heterocycles. The molecule has 0 aliphatic carbocycles. The van der Waals surface area contributed by atoms with Crippen LogP contribution in [0.25, 0.3) is 54.1 Å². The first kappa shape index (κ1) is 22.4. The first-order chi connectivity index (χ1) is 20.3. The zero-order chi connectivity index (χ0) is 26.9. The summed E-state index contributed by atoms with van der Waals surface area (Å²) in [4.78, 5) is 5.47. The molecule has 2 heterocycles. The Morgan fingerprint density at radius 2 is 1.15 bits per heavy atom. The molecule has 0 fully saturated rings. The molecule has 0 saturated carbocycles. The van der Waals surface area contributed by atoms with Gasteiger partial charge in [-0.25, -0.2) is 4.99 Å². The monoisotopic (exact) mass is 523 g/mol. The molecule has 7 aromatic carbocycles. The fourth-order valence-corrected chi connectivity index (χ4v) is 6.77. The lowest BCUT2D eigenvalue weighted by molar-refractivity contribution is 0.626. The fraction of sp³-hybridized carbons (Fsp3) is 0.0263. The number of hydrogen-bond acceptors (Lipinski definition) is 2. The van der Waals surface area contributed by atoms with Crippen LogP contribution < -0.4 is 5.32 Å². The number of benzene rings is 7. The molecule has 1 aliphatic heterocycles. The highest BCUT2D eigenvalue weighted by molar-refractivity contribution is 6.32. The normalized spacial score (nSPS) is 14.9. The highest BCUT2D eigenvalue weighted by Gasteiger charge is 2.27. The Kier molecular flexibility index (Phi) is 4.67. The first-order valence-electron chi connectivity index (χ1n) is 14.1. The minimum atomic E-state index is -0.328. The van der Waals surface area contributed by atoms with E-state index in [9.17, 15) is 0 Å². The third-order valence-electron chi connectivity index (χ3n) is 8.55. The molecule has 0 amide bonds. The van der Waals surface area contributed by atoms with Crippen LogP contribution in [0.4, 0.5) is 5.69 Å². The summed E-state index contributed by atoms with van der Waals surface area (Å²) in [6.45, 7) is 0. The van der Waals surface area contributed by atoms with E-state index in [2.05, 4.69) is 149 Å². The molecule has 0 bridgehead atoms. The Labute approximate surface area is 237 Å². The summed E-state index contributed by atoms with van der Waals surface area (Å²) in [5.41, 5.74) is 6.72. The van der Waals surface area contributed by atoms with E-state index in [4.69, 9.17) is 4.99 Å². The number of nitrogens with zero attached hydrogens (tertiary/aromatic N) is 2. The van der Waals surface area contributed by atoms with Gasteiger partial charge in [-0.2, -0.15) is 0 Å². The molecule has 8 aromatic rings. The number of rotatable bonds is 2. The van der Waals surface area contributed by atoms with Gasteiger partial charge in [0.05, 0.1) is 16.7 Å². The Morgan fingerprint density at radius 3 is 1.95 bits per heavy atom. The van der Waals surface area contributed by atoms with Crippen LogP contribution in [-0.2, 0) is 0 Å². The molecule has 41 heavy (non-hydrogen) atoms. The zero-order valence-electron chi connectivity index (χ0n) is 22.3. The van der Waals surface area contributed by atoms with E-state index < -0.39 is 0 Å². The van der Waals surface area contributed by atoms with Gasteiger partial charge in [-0.05, 0) is 45.1 Å². The average molecular weight is 524 g/mol. The maximum atomic E-state index is 5.47. The lowest BCUT2D eigenvalue weighted by Gasteiger charge is -2.28. The molecule has 1 N–H and O–H groups in total. The van der Waals surface area contributed by atoms with E-state index in [-0.39, 0.29) is 6.29 Å². The van der Waals surface area contributed by atoms with Crippen molar-refractivity contribution in [2.24, 2.45) is 4.99 Å². The van der Waals surface area contributed by atoms with Crippen molar-refractivity contribution < 1.29 is 0 Å². The fourth-order valence-electron chi connectivity index (χ4n) is 6.77. The van der Waals surface area contributed by atoms with E-state index in [0.717, 1.165) is 22.5 Å². The van der Waals surface area contributed by atoms with Crippen molar-refractivity contribution in [3.05, 3.63) is 151 Å². The van der Waals surface area contributed by atoms with Crippen LogP contribution in [0.5, 0.6) is 0 Å². The summed E-state index contributed by atoms with van der Waals surface area (Å²) in [6.07, 6.45) is -0.328. The van der Waals surface area contributed by atoms with Gasteiger partial charge >= 0.3 is 0 Å². The minimum absolute atomic E-state index is 0.328. The zero-order valence-corrected chi connectivity index (χ0v) is 22.3. The van der Waals surface area contributed by atoms with Crippen molar-refractivity contribution in [3.8, 4) is 0 Å². The summed E-state index contributed by atoms with van der Waals surface area (Å²) in [5, 5.41) is 13.8. The smallest absolute Gasteiger partial charge is 0.201 e. The van der Waals surface area contributed by atoms with E-state index in [1.165, 1.54) is 54.1 Å². The van der Waals surface area contributed by atoms with E-state index in [1.54, 1.807) is 0 Å². The van der Waals surface area contributed by atoms with Crippen LogP contribution >= 0.6 is 0 Å². The van der Waals surface area contributed by atoms with Crippen LogP contribution in [0.3, 0.4) is 0 Å². The molecule has 1 unspecified atom stereocenters. The van der Waals surface area contributed by atoms with Crippen molar-refractivity contribution in [3.63, 3.8) is 0 Å². The second kappa shape index (κ2) is 8.54. The van der Waals surface area contributed by atoms with E-state index >= 15 is 0 Å². The molecule has 3 heteroatoms. The summed E-state index contributed by atoms with van der Waals surface area (Å²) in [7, 11) is 0. The molecule has 192 valence electrons. The standard InChI is InChI=1S/C38H25N3/c1-2-12-24(13-3-1)36-31-20-10-11-21-33(31)39-38(40-36)41-34-23-26-15-5-4-14-25(26)22-32(34)35-29-18-8-6-16-27(29)28-17-7-9-19-30(28)37(35)41/h1-23,38-39H. The summed E-state index contributed by atoms with van der Waals surface area (Å²) in [5.74, 6) is 0. The number of fused-ring (bicyclic) bond motifs is 10. The summed E-state index contributed by atoms with van der Waals surface area (Å²) in [6, 6.07) is 50.0. The Bertz CT molecular complexity index is 2340. The van der Waals surface area contributed by atoms with Gasteiger partial charge < -0.3 is 9.88 Å². The van der Waals surface area contributed by atoms with Gasteiger partial charge in [-0.1, -0.05) is 121 Å². The third kappa shape index (κ3) is 3.23. The van der Waals surface area contributed by atoms with Crippen LogP contribution in [0, 0.1) is 0 Å². The summed E-state index contributed by atoms with van der Waals surface area (Å²) >= 11 is 0. The molecule has 0 spiro atoms. The van der Waals surface area contributed by atoms with Crippen molar-refractivity contribution in [1.82, 2.24) is 4.57 Å². The Balaban J connectivity index is 1.48. The van der Waals surface area contributed by atoms with Crippen LogP contribution in [-0.4, -0.2) is 10.3 Å². The molecular weight excluding hydrogens is 498 g/mol. The van der Waals surface area contributed by atoms with Crippen LogP contribution in [0.2, 0.25) is 0 Å². The topological polar surface area (TPSA) is 29.3 Å². The van der Waals surface area contributed by atoms with Crippen molar-refractivity contribution in [2.45, 2.75) is 6.29 Å². The predicted octanol–water partition coefficient (Wildman–Crippen LogP) is 9.67. The second-order valence-corrected chi connectivity index (χ2v) is 10.8. The van der Waals surface area contributed by atoms with Gasteiger partial charge in [-0.3, -0.25) is 0 Å². The number of aromatic nitrogens is 1. The van der Waals surface area contributed by atoms with Crippen LogP contribution in [0.15, 0.2) is 145 Å². The molecular formula is C38H25N3. The lowest BCUT2D eigenvalue weighted by atomic mass is 9.96. The number of aliphatic imine (C=N–C) groups is 1. The third-order valence-corrected chi connectivity index (χ3v) is 8.55. The highest BCUT2D eigenvalue weighted by Crippen LogP contribution is 2.44. The SMILES string of the molecule is c1ccc(C2=NC(n3c4cc5ccccc5cc4c4c5ccccc5c5ccccc5c43)Nc3ccccc32)cc1. The number of para-hydroxylation sites is 1. The van der Waals surface area contributed by atoms with Gasteiger partial charge in [-0.15, -0.1) is 0 Å². The molecule has 9 rings (SSSR count). The van der Waals surface area contributed by atoms with Gasteiger partial charge in [0.1, 0.15) is 0 Å². The average Bonchev–Trinajstić information content (AvgIpc) is 3.38. The van der Waals surface area contributed by atoms with Crippen molar-refractivity contribution >= 4 is 65.5 Å². The number of hydrogen-bond donors (Lipinski definition) is 1. The van der Waals surface area contributed by atoms with Gasteiger partial charge in [0, 0.05) is 33.0 Å². The van der Waals surface area contributed by atoms with E-state index in [0.29, 0.717) is 0 Å². The van der Waals surface area contributed by atoms with Gasteiger partial charge in [0.2, 0.25) is 6.29 Å². The Morgan fingerprint density at radius 1 is 0.537 bits per heavy atom. The molecule has 1 aromatic heterocycles. The van der Waals surface area contributed by atoms with Crippen molar-refractivity contribution in [1.29, 1.82) is 0 Å². The molecule has 0 radical (unpaired) electrons. The van der Waals surface area contributed by atoms with Crippen molar-refractivity contribution in [2.75, 3.05) is 5.32 Å². The molecule has 1 atom stereocenters. The van der Waals surface area contributed by atoms with Gasteiger partial charge in [0.25, 0.3) is 0 Å². The highest BCUT2D eigenvalue weighted by atomic mass is 15.3. The maximum absolute atomic E-state index is 5.47. The predicted molar refractivity (Wildman–Crippen MR) is 173 cm³/mol. The quantitative estimate of drug-likeness (QED) is 0.225. The number of anilines is 1.